The number of rotatable bonds is 8. The lowest BCUT2D eigenvalue weighted by molar-refractivity contribution is -0.137. The molecule has 1 aliphatic heterocycles. The van der Waals surface area contributed by atoms with E-state index < -0.39 is 17.6 Å². The maximum atomic E-state index is 12.8. The first-order chi connectivity index (χ1) is 17.8. The standard InChI is InChI=1S/C23H32F3N3O2.C6H6/c24-23(25,26)18-8-4-7-17(15-18)22(31)28-16-21(30)29-14-6-12-20(29)11-5-13-27-19-9-2-1-3-10-19;1-2-4-6-5-3-1/h4,7-8,15,19-20,27H,1-3,5-6,9-14,16H2,(H,28,31);1-6H/t20-;/m1./s1. The minimum absolute atomic E-state index is 0.102. The van der Waals surface area contributed by atoms with Crippen molar-refractivity contribution < 1.29 is 22.8 Å². The van der Waals surface area contributed by atoms with Crippen LogP contribution in [0.3, 0.4) is 0 Å². The number of hydrogen-bond acceptors (Lipinski definition) is 3. The monoisotopic (exact) mass is 517 g/mol. The van der Waals surface area contributed by atoms with E-state index in [2.05, 4.69) is 10.6 Å². The lowest BCUT2D eigenvalue weighted by Crippen LogP contribution is -2.43. The quantitative estimate of drug-likeness (QED) is 0.434. The topological polar surface area (TPSA) is 61.4 Å². The van der Waals surface area contributed by atoms with Gasteiger partial charge in [0.25, 0.3) is 5.91 Å². The molecule has 2 aliphatic rings. The smallest absolute Gasteiger partial charge is 0.343 e. The molecule has 2 aromatic carbocycles. The molecule has 0 spiro atoms. The second-order valence-electron chi connectivity index (χ2n) is 9.73. The highest BCUT2D eigenvalue weighted by Gasteiger charge is 2.31. The molecule has 2 amide bonds. The Morgan fingerprint density at radius 3 is 2.22 bits per heavy atom. The number of nitrogens with zero attached hydrogens (tertiary/aromatic N) is 1. The maximum absolute atomic E-state index is 12.8. The molecule has 0 aromatic heterocycles. The number of hydrogen-bond donors (Lipinski definition) is 2. The van der Waals surface area contributed by atoms with Gasteiger partial charge in [-0.15, -0.1) is 0 Å². The van der Waals surface area contributed by atoms with Crippen LogP contribution < -0.4 is 10.6 Å². The van der Waals surface area contributed by atoms with Gasteiger partial charge in [-0.25, -0.2) is 0 Å². The molecular weight excluding hydrogens is 479 g/mol. The van der Waals surface area contributed by atoms with Crippen LogP contribution in [0.25, 0.3) is 0 Å². The Kier molecular flexibility index (Phi) is 11.5. The van der Waals surface area contributed by atoms with Gasteiger partial charge in [0.2, 0.25) is 5.91 Å². The van der Waals surface area contributed by atoms with Crippen LogP contribution in [0.4, 0.5) is 13.2 Å². The largest absolute Gasteiger partial charge is 0.416 e. The van der Waals surface area contributed by atoms with Gasteiger partial charge in [-0.1, -0.05) is 61.7 Å². The second-order valence-corrected chi connectivity index (χ2v) is 9.73. The first-order valence-electron chi connectivity index (χ1n) is 13.3. The van der Waals surface area contributed by atoms with Gasteiger partial charge in [-0.2, -0.15) is 13.2 Å². The van der Waals surface area contributed by atoms with Crippen molar-refractivity contribution in [2.45, 2.75) is 76.0 Å². The summed E-state index contributed by atoms with van der Waals surface area (Å²) in [5.74, 6) is -0.852. The maximum Gasteiger partial charge on any atom is 0.416 e. The van der Waals surface area contributed by atoms with Crippen LogP contribution in [0.1, 0.15) is 73.7 Å². The Labute approximate surface area is 217 Å². The van der Waals surface area contributed by atoms with E-state index in [1.165, 1.54) is 44.2 Å². The fourth-order valence-corrected chi connectivity index (χ4v) is 5.00. The van der Waals surface area contributed by atoms with Gasteiger partial charge in [0, 0.05) is 24.2 Å². The number of likely N-dealkylation sites (tertiary alicyclic amines) is 1. The van der Waals surface area contributed by atoms with E-state index in [0.29, 0.717) is 12.6 Å². The molecule has 2 aromatic rings. The average molecular weight is 518 g/mol. The van der Waals surface area contributed by atoms with Gasteiger partial charge in [0.05, 0.1) is 12.1 Å². The zero-order valence-electron chi connectivity index (χ0n) is 21.3. The summed E-state index contributed by atoms with van der Waals surface area (Å²) < 4.78 is 38.5. The Morgan fingerprint density at radius 1 is 0.892 bits per heavy atom. The molecule has 0 unspecified atom stereocenters. The zero-order chi connectivity index (χ0) is 26.5. The van der Waals surface area contributed by atoms with Gasteiger partial charge in [-0.3, -0.25) is 9.59 Å². The molecule has 1 atom stereocenters. The van der Waals surface area contributed by atoms with Crippen LogP contribution in [-0.4, -0.2) is 48.4 Å². The number of carbonyl (C=O) groups is 2. The van der Waals surface area contributed by atoms with E-state index in [9.17, 15) is 22.8 Å². The van der Waals surface area contributed by atoms with Gasteiger partial charge in [0.1, 0.15) is 0 Å². The number of benzene rings is 2. The predicted molar refractivity (Wildman–Crippen MR) is 139 cm³/mol. The van der Waals surface area contributed by atoms with E-state index in [1.807, 2.05) is 41.3 Å². The molecule has 1 heterocycles. The Balaban J connectivity index is 0.000000555. The van der Waals surface area contributed by atoms with Gasteiger partial charge in [0.15, 0.2) is 0 Å². The molecule has 4 rings (SSSR count). The predicted octanol–water partition coefficient (Wildman–Crippen LogP) is 5.82. The molecule has 8 heteroatoms. The van der Waals surface area contributed by atoms with Crippen molar-refractivity contribution in [3.8, 4) is 0 Å². The van der Waals surface area contributed by atoms with Crippen molar-refractivity contribution in [1.82, 2.24) is 15.5 Å². The van der Waals surface area contributed by atoms with Crippen molar-refractivity contribution in [3.63, 3.8) is 0 Å². The minimum Gasteiger partial charge on any atom is -0.343 e. The van der Waals surface area contributed by atoms with Crippen molar-refractivity contribution in [1.29, 1.82) is 0 Å². The molecule has 2 fully saturated rings. The fourth-order valence-electron chi connectivity index (χ4n) is 5.00. The Bertz CT molecular complexity index is 936. The molecule has 37 heavy (non-hydrogen) atoms. The minimum atomic E-state index is -4.51. The normalized spacial score (nSPS) is 18.1. The summed E-state index contributed by atoms with van der Waals surface area (Å²) in [6, 6.07) is 17.0. The third-order valence-corrected chi connectivity index (χ3v) is 6.97. The van der Waals surface area contributed by atoms with E-state index in [4.69, 9.17) is 0 Å². The summed E-state index contributed by atoms with van der Waals surface area (Å²) in [6.45, 7) is 1.42. The highest BCUT2D eigenvalue weighted by atomic mass is 19.4. The summed E-state index contributed by atoms with van der Waals surface area (Å²) >= 11 is 0. The molecule has 0 radical (unpaired) electrons. The summed E-state index contributed by atoms with van der Waals surface area (Å²) in [6.07, 6.45) is 5.74. The highest BCUT2D eigenvalue weighted by molar-refractivity contribution is 5.96. The van der Waals surface area contributed by atoms with Gasteiger partial charge >= 0.3 is 6.18 Å². The van der Waals surface area contributed by atoms with Crippen LogP contribution >= 0.6 is 0 Å². The van der Waals surface area contributed by atoms with Crippen LogP contribution in [0.5, 0.6) is 0 Å². The number of alkyl halides is 3. The molecular formula is C29H38F3N3O2. The number of halogens is 3. The second kappa shape index (κ2) is 14.8. The van der Waals surface area contributed by atoms with Gasteiger partial charge < -0.3 is 15.5 Å². The van der Waals surface area contributed by atoms with E-state index in [1.54, 1.807) is 0 Å². The van der Waals surface area contributed by atoms with Crippen LogP contribution in [0.15, 0.2) is 60.7 Å². The number of amides is 2. The van der Waals surface area contributed by atoms with Crippen LogP contribution in [-0.2, 0) is 11.0 Å². The molecule has 202 valence electrons. The summed E-state index contributed by atoms with van der Waals surface area (Å²) in [5.41, 5.74) is -0.984. The zero-order valence-corrected chi connectivity index (χ0v) is 21.3. The van der Waals surface area contributed by atoms with E-state index in [-0.39, 0.29) is 24.1 Å². The fraction of sp³-hybridized carbons (Fsp3) is 0.517. The first-order valence-corrected chi connectivity index (χ1v) is 13.3. The molecule has 0 bridgehead atoms. The van der Waals surface area contributed by atoms with Crippen molar-refractivity contribution >= 4 is 11.8 Å². The first kappa shape index (κ1) is 28.7. The lowest BCUT2D eigenvalue weighted by Gasteiger charge is -2.26. The third kappa shape index (κ3) is 9.84. The molecule has 1 saturated carbocycles. The Hall–Kier alpha value is -2.87. The van der Waals surface area contributed by atoms with E-state index in [0.717, 1.165) is 44.4 Å². The van der Waals surface area contributed by atoms with Crippen molar-refractivity contribution in [3.05, 3.63) is 71.8 Å². The van der Waals surface area contributed by atoms with E-state index >= 15 is 0 Å². The molecule has 1 saturated heterocycles. The van der Waals surface area contributed by atoms with Crippen molar-refractivity contribution in [2.75, 3.05) is 19.6 Å². The molecule has 5 nitrogen and oxygen atoms in total. The van der Waals surface area contributed by atoms with Crippen molar-refractivity contribution in [2.24, 2.45) is 0 Å². The summed E-state index contributed by atoms with van der Waals surface area (Å²) in [5, 5.41) is 6.10. The Morgan fingerprint density at radius 2 is 1.57 bits per heavy atom. The number of nitrogens with one attached hydrogen (secondary N) is 2. The summed E-state index contributed by atoms with van der Waals surface area (Å²) in [7, 11) is 0. The molecule has 1 aliphatic carbocycles. The summed E-state index contributed by atoms with van der Waals surface area (Å²) in [4.78, 5) is 26.7. The molecule has 2 N–H and O–H groups in total. The highest BCUT2D eigenvalue weighted by Crippen LogP contribution is 2.29. The average Bonchev–Trinajstić information content (AvgIpc) is 3.40. The lowest BCUT2D eigenvalue weighted by atomic mass is 9.95. The van der Waals surface area contributed by atoms with Crippen LogP contribution in [0, 0.1) is 0 Å². The van der Waals surface area contributed by atoms with Gasteiger partial charge in [-0.05, 0) is 63.3 Å². The third-order valence-electron chi connectivity index (χ3n) is 6.97. The SMILES string of the molecule is O=C(NCC(=O)N1CCC[C@H]1CCCNC1CCCCC1)c1cccc(C(F)(F)F)c1.c1ccccc1. The number of carbonyl (C=O) groups excluding carboxylic acids is 2. The van der Waals surface area contributed by atoms with Crippen LogP contribution in [0.2, 0.25) is 0 Å².